The number of anilines is 2. The summed E-state index contributed by atoms with van der Waals surface area (Å²) in [6.45, 7) is 2.69. The predicted molar refractivity (Wildman–Crippen MR) is 80.8 cm³/mol. The monoisotopic (exact) mass is 281 g/mol. The van der Waals surface area contributed by atoms with Crippen molar-refractivity contribution in [3.05, 3.63) is 17.8 Å². The Balaban J connectivity index is 2.02. The molecular weight excluding hydrogens is 266 g/mol. The first-order chi connectivity index (χ1) is 10.2. The molecule has 1 fully saturated rings. The van der Waals surface area contributed by atoms with Gasteiger partial charge in [-0.15, -0.1) is 16.6 Å². The Labute approximate surface area is 122 Å². The molecule has 2 aromatic heterocycles. The van der Waals surface area contributed by atoms with Crippen molar-refractivity contribution in [2.75, 3.05) is 17.2 Å². The molecule has 2 N–H and O–H groups in total. The molecule has 0 saturated heterocycles. The molecule has 1 saturated carbocycles. The Morgan fingerprint density at radius 3 is 2.95 bits per heavy atom. The van der Waals surface area contributed by atoms with Crippen LogP contribution in [0.4, 0.5) is 11.6 Å². The molecule has 0 spiro atoms. The average molecular weight is 281 g/mol. The van der Waals surface area contributed by atoms with Crippen LogP contribution >= 0.6 is 0 Å². The van der Waals surface area contributed by atoms with E-state index in [0.717, 1.165) is 24.8 Å². The van der Waals surface area contributed by atoms with Gasteiger partial charge in [0, 0.05) is 24.0 Å². The van der Waals surface area contributed by atoms with Gasteiger partial charge < -0.3 is 10.6 Å². The molecule has 1 aliphatic rings. The first-order valence-corrected chi connectivity index (χ1v) is 6.90. The zero-order chi connectivity index (χ0) is 14.8. The lowest BCUT2D eigenvalue weighted by molar-refractivity contribution is -0.117. The summed E-state index contributed by atoms with van der Waals surface area (Å²) in [7, 11) is 0. The summed E-state index contributed by atoms with van der Waals surface area (Å²) in [4.78, 5) is 16.0. The number of nitrogens with zero attached hydrogens (tertiary/aromatic N) is 3. The van der Waals surface area contributed by atoms with Gasteiger partial charge >= 0.3 is 0 Å². The molecule has 3 rings (SSSR count). The van der Waals surface area contributed by atoms with Crippen LogP contribution in [0.2, 0.25) is 0 Å². The molecule has 1 aliphatic carbocycles. The van der Waals surface area contributed by atoms with E-state index in [1.165, 1.54) is 0 Å². The van der Waals surface area contributed by atoms with Gasteiger partial charge in [0.1, 0.15) is 5.52 Å². The predicted octanol–water partition coefficient (Wildman–Crippen LogP) is 1.79. The van der Waals surface area contributed by atoms with Crippen molar-refractivity contribution in [1.29, 1.82) is 0 Å². The number of terminal acetylenes is 1. The van der Waals surface area contributed by atoms with Crippen molar-refractivity contribution in [3.8, 4) is 12.3 Å². The van der Waals surface area contributed by atoms with E-state index in [9.17, 15) is 4.79 Å². The summed E-state index contributed by atoms with van der Waals surface area (Å²) in [5.74, 6) is 3.75. The highest BCUT2D eigenvalue weighted by Gasteiger charge is 2.30. The van der Waals surface area contributed by atoms with Crippen LogP contribution in [-0.2, 0) is 4.79 Å². The molecule has 6 nitrogen and oxygen atoms in total. The number of nitrogens with one attached hydrogen (secondary N) is 2. The molecule has 0 bridgehead atoms. The van der Waals surface area contributed by atoms with Crippen LogP contribution in [-0.4, -0.2) is 27.6 Å². The van der Waals surface area contributed by atoms with Crippen LogP contribution in [0.25, 0.3) is 10.9 Å². The highest BCUT2D eigenvalue weighted by molar-refractivity contribution is 5.97. The van der Waals surface area contributed by atoms with Crippen LogP contribution < -0.4 is 10.6 Å². The number of aromatic nitrogens is 3. The Hall–Kier alpha value is -2.68. The van der Waals surface area contributed by atoms with Crippen LogP contribution in [0.1, 0.15) is 25.3 Å². The zero-order valence-corrected chi connectivity index (χ0v) is 11.7. The topological polar surface area (TPSA) is 79.8 Å². The number of carbonyl (C=O) groups excluding carboxylic acids is 1. The molecule has 0 radical (unpaired) electrons. The maximum atomic E-state index is 11.8. The van der Waals surface area contributed by atoms with Crippen molar-refractivity contribution in [1.82, 2.24) is 15.2 Å². The molecular formula is C15H15N5O. The van der Waals surface area contributed by atoms with Gasteiger partial charge in [0.2, 0.25) is 5.91 Å². The van der Waals surface area contributed by atoms with E-state index in [2.05, 4.69) is 31.7 Å². The van der Waals surface area contributed by atoms with Crippen molar-refractivity contribution in [2.45, 2.75) is 19.8 Å². The molecule has 0 unspecified atom stereocenters. The fraction of sp³-hybridized carbons (Fsp3) is 0.333. The maximum Gasteiger partial charge on any atom is 0.228 e. The third-order valence-corrected chi connectivity index (χ3v) is 3.33. The molecule has 21 heavy (non-hydrogen) atoms. The summed E-state index contributed by atoms with van der Waals surface area (Å²) < 4.78 is 0. The van der Waals surface area contributed by atoms with E-state index < -0.39 is 0 Å². The van der Waals surface area contributed by atoms with E-state index in [1.807, 2.05) is 6.92 Å². The molecule has 2 heterocycles. The Kier molecular flexibility index (Phi) is 3.40. The molecule has 2 aromatic rings. The summed E-state index contributed by atoms with van der Waals surface area (Å²) in [6, 6.07) is 1.75. The third-order valence-electron chi connectivity index (χ3n) is 3.33. The fourth-order valence-corrected chi connectivity index (χ4v) is 2.08. The lowest BCUT2D eigenvalue weighted by Crippen LogP contribution is -2.15. The fourth-order valence-electron chi connectivity index (χ4n) is 2.08. The third kappa shape index (κ3) is 2.63. The lowest BCUT2D eigenvalue weighted by Gasteiger charge is -2.09. The molecule has 0 atom stereocenters. The number of amides is 1. The van der Waals surface area contributed by atoms with Crippen molar-refractivity contribution < 1.29 is 4.79 Å². The summed E-state index contributed by atoms with van der Waals surface area (Å²) in [5.41, 5.74) is 1.24. The number of hydrogen-bond acceptors (Lipinski definition) is 5. The normalized spacial score (nSPS) is 13.7. The number of fused-ring (bicyclic) bond motifs is 1. The van der Waals surface area contributed by atoms with Gasteiger partial charge in [0.25, 0.3) is 0 Å². The van der Waals surface area contributed by atoms with Crippen LogP contribution in [0.3, 0.4) is 0 Å². The smallest absolute Gasteiger partial charge is 0.228 e. The summed E-state index contributed by atoms with van der Waals surface area (Å²) in [5, 5.41) is 14.9. The van der Waals surface area contributed by atoms with Gasteiger partial charge in [0.05, 0.1) is 5.56 Å². The quantitative estimate of drug-likeness (QED) is 0.835. The minimum absolute atomic E-state index is 0.00753. The largest absolute Gasteiger partial charge is 0.368 e. The van der Waals surface area contributed by atoms with Crippen LogP contribution in [0.5, 0.6) is 0 Å². The standard InChI is InChI=1S/C15H15N5O/c1-3-9-8-17-14(16-4-2)13-11(9)7-12(19-20-13)18-15(21)10-5-6-10/h1,7-8,10H,4-6H2,2H3,(H,16,17)(H,18,19,21). The van der Waals surface area contributed by atoms with E-state index in [0.29, 0.717) is 22.7 Å². The van der Waals surface area contributed by atoms with E-state index in [4.69, 9.17) is 6.42 Å². The van der Waals surface area contributed by atoms with Crippen LogP contribution in [0, 0.1) is 18.3 Å². The van der Waals surface area contributed by atoms with Crippen molar-refractivity contribution in [3.63, 3.8) is 0 Å². The first-order valence-electron chi connectivity index (χ1n) is 6.90. The number of hydrogen-bond donors (Lipinski definition) is 2. The van der Waals surface area contributed by atoms with Gasteiger partial charge in [-0.3, -0.25) is 4.79 Å². The molecule has 1 amide bonds. The van der Waals surface area contributed by atoms with Gasteiger partial charge in [-0.05, 0) is 25.8 Å². The minimum atomic E-state index is -0.00753. The summed E-state index contributed by atoms with van der Waals surface area (Å²) in [6.07, 6.45) is 9.01. The molecule has 0 aliphatic heterocycles. The second-order valence-corrected chi connectivity index (χ2v) is 4.95. The second-order valence-electron chi connectivity index (χ2n) is 4.95. The van der Waals surface area contributed by atoms with Gasteiger partial charge in [0.15, 0.2) is 11.6 Å². The SMILES string of the molecule is C#Cc1cnc(NCC)c2nnc(NC(=O)C3CC3)cc12. The van der Waals surface area contributed by atoms with Crippen LogP contribution in [0.15, 0.2) is 12.3 Å². The van der Waals surface area contributed by atoms with E-state index >= 15 is 0 Å². The number of rotatable bonds is 4. The first kappa shape index (κ1) is 13.3. The van der Waals surface area contributed by atoms with Crippen molar-refractivity contribution >= 4 is 28.4 Å². The number of carbonyl (C=O) groups is 1. The molecule has 6 heteroatoms. The number of pyridine rings is 1. The van der Waals surface area contributed by atoms with E-state index in [1.54, 1.807) is 12.3 Å². The van der Waals surface area contributed by atoms with Gasteiger partial charge in [-0.1, -0.05) is 5.92 Å². The lowest BCUT2D eigenvalue weighted by atomic mass is 10.1. The Bertz CT molecular complexity index is 746. The van der Waals surface area contributed by atoms with Crippen molar-refractivity contribution in [2.24, 2.45) is 5.92 Å². The molecule has 106 valence electrons. The van der Waals surface area contributed by atoms with Gasteiger partial charge in [-0.25, -0.2) is 4.98 Å². The second kappa shape index (κ2) is 5.37. The maximum absolute atomic E-state index is 11.8. The Morgan fingerprint density at radius 1 is 1.48 bits per heavy atom. The summed E-state index contributed by atoms with van der Waals surface area (Å²) >= 11 is 0. The van der Waals surface area contributed by atoms with E-state index in [-0.39, 0.29) is 11.8 Å². The minimum Gasteiger partial charge on any atom is -0.368 e. The highest BCUT2D eigenvalue weighted by atomic mass is 16.2. The molecule has 0 aromatic carbocycles. The average Bonchev–Trinajstić information content (AvgIpc) is 3.32. The zero-order valence-electron chi connectivity index (χ0n) is 11.7. The highest BCUT2D eigenvalue weighted by Crippen LogP contribution is 2.30. The Morgan fingerprint density at radius 2 is 2.29 bits per heavy atom. The van der Waals surface area contributed by atoms with Gasteiger partial charge in [-0.2, -0.15) is 0 Å².